The Labute approximate surface area is 128 Å². The predicted molar refractivity (Wildman–Crippen MR) is 82.3 cm³/mol. The zero-order valence-electron chi connectivity index (χ0n) is 11.7. The van der Waals surface area contributed by atoms with Gasteiger partial charge in [0.15, 0.2) is 16.7 Å². The molecule has 0 radical (unpaired) electrons. The maximum absolute atomic E-state index is 6.05. The number of aromatic nitrogens is 3. The number of hydrogen-bond donors (Lipinski definition) is 0. The third-order valence-corrected chi connectivity index (χ3v) is 3.77. The van der Waals surface area contributed by atoms with Gasteiger partial charge in [0, 0.05) is 32.4 Å². The van der Waals surface area contributed by atoms with Gasteiger partial charge in [-0.05, 0) is 12.1 Å². The molecule has 7 heteroatoms. The molecule has 0 atom stereocenters. The molecule has 110 valence electrons. The van der Waals surface area contributed by atoms with E-state index in [1.165, 1.54) is 6.33 Å². The van der Waals surface area contributed by atoms with Crippen molar-refractivity contribution in [1.29, 1.82) is 0 Å². The van der Waals surface area contributed by atoms with Gasteiger partial charge in [0.05, 0.1) is 7.11 Å². The molecule has 2 aromatic heterocycles. The van der Waals surface area contributed by atoms with Crippen molar-refractivity contribution in [1.82, 2.24) is 15.0 Å². The Kier molecular flexibility index (Phi) is 4.06. The zero-order valence-corrected chi connectivity index (χ0v) is 12.5. The first-order valence-corrected chi connectivity index (χ1v) is 7.13. The third kappa shape index (κ3) is 2.85. The molecule has 3 heterocycles. The highest BCUT2D eigenvalue weighted by Gasteiger charge is 2.22. The van der Waals surface area contributed by atoms with Crippen LogP contribution >= 0.6 is 11.6 Å². The van der Waals surface area contributed by atoms with Crippen molar-refractivity contribution in [3.05, 3.63) is 35.9 Å². The fraction of sp³-hybridized carbons (Fsp3) is 0.357. The van der Waals surface area contributed by atoms with Gasteiger partial charge in [-0.1, -0.05) is 17.7 Å². The van der Waals surface area contributed by atoms with Gasteiger partial charge < -0.3 is 14.5 Å². The molecule has 3 rings (SSSR count). The molecule has 1 aliphatic heterocycles. The van der Waals surface area contributed by atoms with E-state index in [2.05, 4.69) is 24.8 Å². The molecule has 21 heavy (non-hydrogen) atoms. The van der Waals surface area contributed by atoms with Crippen molar-refractivity contribution in [2.24, 2.45) is 0 Å². The molecule has 0 amide bonds. The van der Waals surface area contributed by atoms with Crippen molar-refractivity contribution in [3.8, 4) is 5.75 Å². The van der Waals surface area contributed by atoms with Crippen LogP contribution in [0.15, 0.2) is 30.7 Å². The molecule has 0 aliphatic carbocycles. The summed E-state index contributed by atoms with van der Waals surface area (Å²) in [4.78, 5) is 17.1. The Bertz CT molecular complexity index is 602. The van der Waals surface area contributed by atoms with Gasteiger partial charge in [-0.2, -0.15) is 0 Å². The predicted octanol–water partition coefficient (Wildman–Crippen LogP) is 1.86. The second-order valence-corrected chi connectivity index (χ2v) is 5.04. The average Bonchev–Trinajstić information content (AvgIpc) is 2.55. The summed E-state index contributed by atoms with van der Waals surface area (Å²) >= 11 is 6.05. The van der Waals surface area contributed by atoms with Gasteiger partial charge in [-0.15, -0.1) is 0 Å². The smallest absolute Gasteiger partial charge is 0.199 e. The Morgan fingerprint density at radius 2 is 1.81 bits per heavy atom. The van der Waals surface area contributed by atoms with Crippen molar-refractivity contribution in [2.75, 3.05) is 43.1 Å². The van der Waals surface area contributed by atoms with Gasteiger partial charge in [0.2, 0.25) is 0 Å². The largest absolute Gasteiger partial charge is 0.490 e. The minimum absolute atomic E-state index is 0.342. The fourth-order valence-electron chi connectivity index (χ4n) is 2.43. The van der Waals surface area contributed by atoms with Crippen molar-refractivity contribution in [3.63, 3.8) is 0 Å². The molecule has 0 aromatic carbocycles. The lowest BCUT2D eigenvalue weighted by molar-refractivity contribution is 0.409. The summed E-state index contributed by atoms with van der Waals surface area (Å²) in [5, 5.41) is 0.342. The van der Waals surface area contributed by atoms with Crippen LogP contribution in [0.1, 0.15) is 0 Å². The number of rotatable bonds is 3. The Hall–Kier alpha value is -2.08. The van der Waals surface area contributed by atoms with E-state index in [-0.39, 0.29) is 0 Å². The number of ether oxygens (including phenoxy) is 1. The van der Waals surface area contributed by atoms with E-state index in [4.69, 9.17) is 16.3 Å². The highest BCUT2D eigenvalue weighted by atomic mass is 35.5. The molecule has 1 aliphatic rings. The first-order valence-electron chi connectivity index (χ1n) is 6.75. The van der Waals surface area contributed by atoms with E-state index in [1.54, 1.807) is 7.11 Å². The minimum atomic E-state index is 0.342. The van der Waals surface area contributed by atoms with E-state index < -0.39 is 0 Å². The summed E-state index contributed by atoms with van der Waals surface area (Å²) in [5.41, 5.74) is 0. The van der Waals surface area contributed by atoms with Crippen LogP contribution in [-0.4, -0.2) is 48.2 Å². The quantitative estimate of drug-likeness (QED) is 0.807. The maximum atomic E-state index is 6.05. The van der Waals surface area contributed by atoms with Crippen LogP contribution in [0.4, 0.5) is 11.6 Å². The maximum Gasteiger partial charge on any atom is 0.199 e. The second-order valence-electron chi connectivity index (χ2n) is 4.68. The molecule has 0 spiro atoms. The minimum Gasteiger partial charge on any atom is -0.490 e. The summed E-state index contributed by atoms with van der Waals surface area (Å²) in [7, 11) is 1.58. The number of hydrogen-bond acceptors (Lipinski definition) is 6. The molecule has 0 unspecified atom stereocenters. The number of piperazine rings is 1. The summed E-state index contributed by atoms with van der Waals surface area (Å²) in [6, 6.07) is 5.95. The topological polar surface area (TPSA) is 54.4 Å². The molecule has 0 bridgehead atoms. The van der Waals surface area contributed by atoms with Crippen LogP contribution in [0.3, 0.4) is 0 Å². The first-order chi connectivity index (χ1) is 10.3. The van der Waals surface area contributed by atoms with Gasteiger partial charge in [-0.3, -0.25) is 0 Å². The molecule has 1 fully saturated rings. The van der Waals surface area contributed by atoms with Crippen LogP contribution in [0.5, 0.6) is 5.75 Å². The number of anilines is 2. The van der Waals surface area contributed by atoms with Crippen LogP contribution < -0.4 is 14.5 Å². The first kappa shape index (κ1) is 13.9. The molecule has 1 saturated heterocycles. The van der Waals surface area contributed by atoms with E-state index in [1.807, 2.05) is 24.4 Å². The summed E-state index contributed by atoms with van der Waals surface area (Å²) < 4.78 is 5.32. The van der Waals surface area contributed by atoms with Crippen molar-refractivity contribution in [2.45, 2.75) is 0 Å². The number of pyridine rings is 1. The lowest BCUT2D eigenvalue weighted by atomic mass is 10.3. The molecular weight excluding hydrogens is 290 g/mol. The summed E-state index contributed by atoms with van der Waals surface area (Å²) in [6.45, 7) is 3.42. The molecule has 0 saturated carbocycles. The monoisotopic (exact) mass is 305 g/mol. The number of methoxy groups -OCH3 is 1. The highest BCUT2D eigenvalue weighted by molar-refractivity contribution is 6.31. The summed E-state index contributed by atoms with van der Waals surface area (Å²) in [6.07, 6.45) is 3.28. The lowest BCUT2D eigenvalue weighted by Gasteiger charge is -2.36. The van der Waals surface area contributed by atoms with E-state index in [0.717, 1.165) is 37.8 Å². The Morgan fingerprint density at radius 3 is 2.48 bits per heavy atom. The lowest BCUT2D eigenvalue weighted by Crippen LogP contribution is -2.47. The van der Waals surface area contributed by atoms with Gasteiger partial charge in [0.25, 0.3) is 0 Å². The number of halogens is 1. The highest BCUT2D eigenvalue weighted by Crippen LogP contribution is 2.32. The van der Waals surface area contributed by atoms with Gasteiger partial charge in [-0.25, -0.2) is 15.0 Å². The van der Waals surface area contributed by atoms with E-state index in [0.29, 0.717) is 10.9 Å². The van der Waals surface area contributed by atoms with E-state index >= 15 is 0 Å². The third-order valence-electron chi connectivity index (χ3n) is 3.50. The van der Waals surface area contributed by atoms with Gasteiger partial charge >= 0.3 is 0 Å². The summed E-state index contributed by atoms with van der Waals surface area (Å²) in [5.74, 6) is 2.29. The fourth-order valence-corrected chi connectivity index (χ4v) is 2.64. The van der Waals surface area contributed by atoms with Crippen molar-refractivity contribution >= 4 is 23.2 Å². The van der Waals surface area contributed by atoms with Crippen LogP contribution in [0, 0.1) is 0 Å². The van der Waals surface area contributed by atoms with Crippen LogP contribution in [-0.2, 0) is 0 Å². The zero-order chi connectivity index (χ0) is 14.7. The standard InChI is InChI=1S/C14H16ClN5O/c1-21-12-13(15)17-10-18-14(12)20-8-6-19(7-9-20)11-4-2-3-5-16-11/h2-5,10H,6-9H2,1H3. The molecule has 2 aromatic rings. The Balaban J connectivity index is 1.73. The SMILES string of the molecule is COc1c(Cl)ncnc1N1CCN(c2ccccn2)CC1. The number of nitrogens with zero attached hydrogens (tertiary/aromatic N) is 5. The van der Waals surface area contributed by atoms with Crippen LogP contribution in [0.2, 0.25) is 5.15 Å². The van der Waals surface area contributed by atoms with E-state index in [9.17, 15) is 0 Å². The second kappa shape index (κ2) is 6.13. The van der Waals surface area contributed by atoms with Crippen molar-refractivity contribution < 1.29 is 4.74 Å². The molecule has 6 nitrogen and oxygen atoms in total. The Morgan fingerprint density at radius 1 is 1.05 bits per heavy atom. The van der Waals surface area contributed by atoms with Gasteiger partial charge in [0.1, 0.15) is 12.1 Å². The molecule has 0 N–H and O–H groups in total. The normalized spacial score (nSPS) is 15.1. The average molecular weight is 306 g/mol. The van der Waals surface area contributed by atoms with Crippen LogP contribution in [0.25, 0.3) is 0 Å². The molecular formula is C14H16ClN5O.